The third-order valence-corrected chi connectivity index (χ3v) is 10.1. The van der Waals surface area contributed by atoms with E-state index in [0.717, 1.165) is 37.0 Å². The number of piperazine rings is 1. The van der Waals surface area contributed by atoms with Crippen molar-refractivity contribution in [2.75, 3.05) is 38.3 Å². The highest BCUT2D eigenvalue weighted by molar-refractivity contribution is 7.89. The first-order chi connectivity index (χ1) is 17.5. The van der Waals surface area contributed by atoms with E-state index in [0.29, 0.717) is 18.5 Å². The minimum atomic E-state index is -3.77. The molecule has 1 N–H and O–H groups in total. The average Bonchev–Trinajstić information content (AvgIpc) is 3.24. The summed E-state index contributed by atoms with van der Waals surface area (Å²) < 4.78 is 45.5. The molecule has 2 aliphatic heterocycles. The van der Waals surface area contributed by atoms with E-state index in [4.69, 9.17) is 0 Å². The maximum atomic E-state index is 13.8. The molecule has 1 aliphatic carbocycles. The van der Waals surface area contributed by atoms with Crippen molar-refractivity contribution in [2.24, 2.45) is 0 Å². The van der Waals surface area contributed by atoms with Crippen LogP contribution in [0.5, 0.6) is 0 Å². The van der Waals surface area contributed by atoms with Gasteiger partial charge in [-0.1, -0.05) is 6.58 Å². The fourth-order valence-corrected chi connectivity index (χ4v) is 7.19. The van der Waals surface area contributed by atoms with Gasteiger partial charge < -0.3 is 9.80 Å². The lowest BCUT2D eigenvalue weighted by Gasteiger charge is -2.43. The second-order valence-electron chi connectivity index (χ2n) is 11.3. The summed E-state index contributed by atoms with van der Waals surface area (Å²) in [6.07, 6.45) is 5.00. The van der Waals surface area contributed by atoms with E-state index < -0.39 is 28.3 Å². The quantitative estimate of drug-likeness (QED) is 0.552. The molecule has 5 rings (SSSR count). The second kappa shape index (κ2) is 9.36. The van der Waals surface area contributed by atoms with Crippen molar-refractivity contribution >= 4 is 32.5 Å². The van der Waals surface area contributed by atoms with Crippen molar-refractivity contribution in [2.45, 2.75) is 74.6 Å². The summed E-state index contributed by atoms with van der Waals surface area (Å²) in [7, 11) is -1.66. The summed E-state index contributed by atoms with van der Waals surface area (Å²) in [5, 5.41) is 5.51. The Morgan fingerprint density at radius 3 is 2.51 bits per heavy atom. The van der Waals surface area contributed by atoms with Crippen molar-refractivity contribution in [1.82, 2.24) is 24.3 Å². The molecule has 2 saturated heterocycles. The summed E-state index contributed by atoms with van der Waals surface area (Å²) in [4.78, 5) is 18.6. The first kappa shape index (κ1) is 26.1. The number of hydrogen-bond donors (Lipinski definition) is 1. The number of likely N-dealkylation sites (N-methyl/N-ethyl adjacent to an activating group) is 1. The Balaban J connectivity index is 1.60. The molecule has 2 aromatic rings. The minimum Gasteiger partial charge on any atom is -0.368 e. The Labute approximate surface area is 218 Å². The molecule has 1 amide bonds. The lowest BCUT2D eigenvalue weighted by atomic mass is 10.1. The smallest absolute Gasteiger partial charge is 0.246 e. The van der Waals surface area contributed by atoms with E-state index in [1.165, 1.54) is 11.0 Å². The number of sulfonamides is 1. The van der Waals surface area contributed by atoms with Gasteiger partial charge in [-0.05, 0) is 65.3 Å². The van der Waals surface area contributed by atoms with E-state index in [1.54, 1.807) is 23.0 Å². The first-order valence-corrected chi connectivity index (χ1v) is 14.5. The molecule has 1 aromatic carbocycles. The normalized spacial score (nSPS) is 28.1. The number of benzene rings is 1. The number of carbonyl (C=O) groups is 1. The van der Waals surface area contributed by atoms with Gasteiger partial charge in [0.05, 0.1) is 28.7 Å². The van der Waals surface area contributed by atoms with E-state index in [1.807, 2.05) is 6.92 Å². The van der Waals surface area contributed by atoms with Gasteiger partial charge in [-0.2, -0.15) is 5.10 Å². The molecule has 3 aliphatic rings. The average molecular weight is 533 g/mol. The van der Waals surface area contributed by atoms with Gasteiger partial charge in [-0.25, -0.2) is 17.5 Å². The highest BCUT2D eigenvalue weighted by atomic mass is 32.2. The number of nitrogens with zero attached hydrogens (tertiary/aromatic N) is 5. The van der Waals surface area contributed by atoms with Gasteiger partial charge in [0, 0.05) is 48.3 Å². The summed E-state index contributed by atoms with van der Waals surface area (Å²) in [5.74, 6) is -0.312. The Morgan fingerprint density at radius 1 is 1.24 bits per heavy atom. The van der Waals surface area contributed by atoms with Crippen LogP contribution >= 0.6 is 0 Å². The number of rotatable bonds is 7. The predicted molar refractivity (Wildman–Crippen MR) is 142 cm³/mol. The Hall–Kier alpha value is -2.50. The van der Waals surface area contributed by atoms with E-state index >= 15 is 0 Å². The molecular weight excluding hydrogens is 495 g/mol. The van der Waals surface area contributed by atoms with Crippen LogP contribution in [-0.2, 0) is 14.8 Å². The van der Waals surface area contributed by atoms with E-state index in [2.05, 4.69) is 47.1 Å². The number of alkyl halides is 1. The number of likely N-dealkylation sites (tertiary alicyclic amines) is 1. The number of carbonyl (C=O) groups excluding carboxylic acids is 1. The minimum absolute atomic E-state index is 0.197. The zero-order chi connectivity index (χ0) is 26.7. The highest BCUT2D eigenvalue weighted by Gasteiger charge is 2.42. The molecule has 0 spiro atoms. The molecule has 11 heteroatoms. The molecule has 4 atom stereocenters. The van der Waals surface area contributed by atoms with Gasteiger partial charge in [0.15, 0.2) is 0 Å². The predicted octanol–water partition coefficient (Wildman–Crippen LogP) is 2.69. The van der Waals surface area contributed by atoms with Crippen LogP contribution in [0.3, 0.4) is 0 Å². The number of anilines is 1. The standard InChI is InChI=1S/C26H37FN6O3S/c1-6-25(34)32-16-20(9-19(32)12-27)33-24-11-21(37(35,36)29-26(4)7-8-26)10-23(22(24)13-28-33)31-14-17(2)30(5)18(3)15-31/h6,10-11,13,17-20,29H,1,7-9,12,14-16H2,2-5H3/t17-,18-,19-,20+/m0/s1. The fraction of sp³-hybridized carbons (Fsp3) is 0.615. The van der Waals surface area contributed by atoms with Gasteiger partial charge in [-0.15, -0.1) is 0 Å². The van der Waals surface area contributed by atoms with Gasteiger partial charge in [0.2, 0.25) is 15.9 Å². The van der Waals surface area contributed by atoms with Crippen LogP contribution in [0.2, 0.25) is 0 Å². The van der Waals surface area contributed by atoms with Crippen LogP contribution in [0, 0.1) is 0 Å². The number of aromatic nitrogens is 2. The maximum absolute atomic E-state index is 13.8. The summed E-state index contributed by atoms with van der Waals surface area (Å²) in [6.45, 7) is 10.9. The van der Waals surface area contributed by atoms with Crippen molar-refractivity contribution in [1.29, 1.82) is 0 Å². The number of nitrogens with one attached hydrogen (secondary N) is 1. The van der Waals surface area contributed by atoms with Crippen LogP contribution in [0.15, 0.2) is 35.9 Å². The van der Waals surface area contributed by atoms with E-state index in [-0.39, 0.29) is 28.9 Å². The molecule has 0 unspecified atom stereocenters. The van der Waals surface area contributed by atoms with Crippen molar-refractivity contribution < 1.29 is 17.6 Å². The summed E-state index contributed by atoms with van der Waals surface area (Å²) in [5.41, 5.74) is 1.10. The Kier molecular flexibility index (Phi) is 6.60. The van der Waals surface area contributed by atoms with E-state index in [9.17, 15) is 17.6 Å². The second-order valence-corrected chi connectivity index (χ2v) is 13.0. The molecule has 3 fully saturated rings. The lowest BCUT2D eigenvalue weighted by Crippen LogP contribution is -2.55. The third-order valence-electron chi connectivity index (χ3n) is 8.43. The van der Waals surface area contributed by atoms with Crippen LogP contribution in [-0.4, -0.2) is 90.9 Å². The molecule has 3 heterocycles. The third kappa shape index (κ3) is 4.77. The molecular formula is C26H37FN6O3S. The SMILES string of the molecule is C=CC(=O)N1C[C@H](n2ncc3c(N4C[C@H](C)N(C)[C@@H](C)C4)cc(S(=O)(=O)NC4(C)CC4)cc32)C[C@H]1CF. The zero-order valence-electron chi connectivity index (χ0n) is 22.0. The van der Waals surface area contributed by atoms with Crippen molar-refractivity contribution in [3.63, 3.8) is 0 Å². The van der Waals surface area contributed by atoms with Crippen LogP contribution < -0.4 is 9.62 Å². The Morgan fingerprint density at radius 2 is 1.92 bits per heavy atom. The molecule has 0 bridgehead atoms. The number of halogens is 1. The summed E-state index contributed by atoms with van der Waals surface area (Å²) >= 11 is 0. The number of amides is 1. The first-order valence-electron chi connectivity index (χ1n) is 13.0. The fourth-order valence-electron chi connectivity index (χ4n) is 5.69. The molecule has 9 nitrogen and oxygen atoms in total. The van der Waals surface area contributed by atoms with Gasteiger partial charge in [0.25, 0.3) is 0 Å². The van der Waals surface area contributed by atoms with Gasteiger partial charge in [0.1, 0.15) is 6.67 Å². The van der Waals surface area contributed by atoms with Gasteiger partial charge in [-0.3, -0.25) is 14.4 Å². The van der Waals surface area contributed by atoms with Crippen LogP contribution in [0.4, 0.5) is 10.1 Å². The number of hydrogen-bond acceptors (Lipinski definition) is 6. The topological polar surface area (TPSA) is 90.8 Å². The van der Waals surface area contributed by atoms with Crippen LogP contribution in [0.1, 0.15) is 46.1 Å². The molecule has 1 saturated carbocycles. The largest absolute Gasteiger partial charge is 0.368 e. The van der Waals surface area contributed by atoms with Gasteiger partial charge >= 0.3 is 0 Å². The van der Waals surface area contributed by atoms with Crippen LogP contribution in [0.25, 0.3) is 10.9 Å². The highest BCUT2D eigenvalue weighted by Crippen LogP contribution is 2.39. The van der Waals surface area contributed by atoms with Crippen molar-refractivity contribution in [3.05, 3.63) is 31.0 Å². The molecule has 1 aromatic heterocycles. The van der Waals surface area contributed by atoms with Crippen molar-refractivity contribution in [3.8, 4) is 0 Å². The number of fused-ring (bicyclic) bond motifs is 1. The molecule has 37 heavy (non-hydrogen) atoms. The zero-order valence-corrected chi connectivity index (χ0v) is 22.8. The maximum Gasteiger partial charge on any atom is 0.246 e. The summed E-state index contributed by atoms with van der Waals surface area (Å²) in [6, 6.07) is 3.18. The molecule has 202 valence electrons. The Bertz CT molecular complexity index is 1310. The molecule has 0 radical (unpaired) electrons. The monoisotopic (exact) mass is 532 g/mol. The lowest BCUT2D eigenvalue weighted by molar-refractivity contribution is -0.127.